The molecule has 0 radical (unpaired) electrons. The second kappa shape index (κ2) is 6.46. The summed E-state index contributed by atoms with van der Waals surface area (Å²) in [6.07, 6.45) is 5.71. The van der Waals surface area contributed by atoms with Crippen LogP contribution in [0.4, 0.5) is 0 Å². The van der Waals surface area contributed by atoms with Gasteiger partial charge in [-0.05, 0) is 32.6 Å². The van der Waals surface area contributed by atoms with E-state index in [9.17, 15) is 5.11 Å². The SMILES string of the molecule is CCCCOCCC(C)(CO)NC1CC1. The molecule has 2 N–H and O–H groups in total. The fraction of sp³-hybridized carbons (Fsp3) is 1.00. The van der Waals surface area contributed by atoms with Gasteiger partial charge < -0.3 is 15.2 Å². The topological polar surface area (TPSA) is 41.5 Å². The Morgan fingerprint density at radius 3 is 2.67 bits per heavy atom. The van der Waals surface area contributed by atoms with Crippen molar-refractivity contribution in [2.75, 3.05) is 19.8 Å². The number of hydrogen-bond donors (Lipinski definition) is 2. The van der Waals surface area contributed by atoms with E-state index in [2.05, 4.69) is 19.2 Å². The molecule has 15 heavy (non-hydrogen) atoms. The average Bonchev–Trinajstić information content (AvgIpc) is 3.01. The molecule has 0 spiro atoms. The first kappa shape index (κ1) is 12.9. The smallest absolute Gasteiger partial charge is 0.0611 e. The third kappa shape index (κ3) is 5.50. The summed E-state index contributed by atoms with van der Waals surface area (Å²) in [5, 5.41) is 12.8. The van der Waals surface area contributed by atoms with Gasteiger partial charge in [-0.15, -0.1) is 0 Å². The van der Waals surface area contributed by atoms with Gasteiger partial charge >= 0.3 is 0 Å². The van der Waals surface area contributed by atoms with Gasteiger partial charge in [0, 0.05) is 24.8 Å². The van der Waals surface area contributed by atoms with Crippen LogP contribution in [-0.2, 0) is 4.74 Å². The van der Waals surface area contributed by atoms with E-state index >= 15 is 0 Å². The second-order valence-electron chi connectivity index (χ2n) is 4.85. The largest absolute Gasteiger partial charge is 0.394 e. The zero-order chi connectivity index (χ0) is 11.1. The fourth-order valence-electron chi connectivity index (χ4n) is 1.56. The number of ether oxygens (including phenoxy) is 1. The highest BCUT2D eigenvalue weighted by molar-refractivity contribution is 4.92. The Labute approximate surface area is 93.2 Å². The van der Waals surface area contributed by atoms with Gasteiger partial charge in [0.15, 0.2) is 0 Å². The minimum absolute atomic E-state index is 0.145. The van der Waals surface area contributed by atoms with E-state index in [1.165, 1.54) is 19.3 Å². The van der Waals surface area contributed by atoms with Gasteiger partial charge in [0.25, 0.3) is 0 Å². The predicted molar refractivity (Wildman–Crippen MR) is 62.0 cm³/mol. The van der Waals surface area contributed by atoms with Crippen LogP contribution in [0.2, 0.25) is 0 Å². The Morgan fingerprint density at radius 1 is 1.40 bits per heavy atom. The third-order valence-corrected chi connectivity index (χ3v) is 2.92. The monoisotopic (exact) mass is 215 g/mol. The lowest BCUT2D eigenvalue weighted by atomic mass is 9.99. The van der Waals surface area contributed by atoms with E-state index < -0.39 is 0 Å². The third-order valence-electron chi connectivity index (χ3n) is 2.92. The predicted octanol–water partition coefficient (Wildman–Crippen LogP) is 1.70. The molecule has 3 nitrogen and oxygen atoms in total. The van der Waals surface area contributed by atoms with Crippen molar-refractivity contribution in [1.29, 1.82) is 0 Å². The Kier molecular flexibility index (Phi) is 5.58. The van der Waals surface area contributed by atoms with Crippen molar-refractivity contribution < 1.29 is 9.84 Å². The van der Waals surface area contributed by atoms with Gasteiger partial charge in [-0.1, -0.05) is 13.3 Å². The molecule has 0 bridgehead atoms. The van der Waals surface area contributed by atoms with E-state index in [-0.39, 0.29) is 12.1 Å². The first-order chi connectivity index (χ1) is 7.20. The van der Waals surface area contributed by atoms with Crippen molar-refractivity contribution in [2.45, 2.75) is 57.5 Å². The van der Waals surface area contributed by atoms with Gasteiger partial charge in [-0.3, -0.25) is 0 Å². The molecule has 1 atom stereocenters. The summed E-state index contributed by atoms with van der Waals surface area (Å²) in [7, 11) is 0. The van der Waals surface area contributed by atoms with Crippen molar-refractivity contribution in [1.82, 2.24) is 5.32 Å². The van der Waals surface area contributed by atoms with Crippen LogP contribution >= 0.6 is 0 Å². The number of aliphatic hydroxyl groups is 1. The van der Waals surface area contributed by atoms with Crippen LogP contribution in [0.1, 0.15) is 46.0 Å². The Balaban J connectivity index is 2.08. The number of rotatable bonds is 9. The Hall–Kier alpha value is -0.120. The van der Waals surface area contributed by atoms with Gasteiger partial charge in [0.1, 0.15) is 0 Å². The summed E-state index contributed by atoms with van der Waals surface area (Å²) in [4.78, 5) is 0. The van der Waals surface area contributed by atoms with Crippen molar-refractivity contribution >= 4 is 0 Å². The van der Waals surface area contributed by atoms with Crippen LogP contribution in [0.5, 0.6) is 0 Å². The lowest BCUT2D eigenvalue weighted by Gasteiger charge is -2.28. The molecule has 0 saturated heterocycles. The molecule has 1 fully saturated rings. The lowest BCUT2D eigenvalue weighted by Crippen LogP contribution is -2.47. The van der Waals surface area contributed by atoms with Crippen LogP contribution in [-0.4, -0.2) is 36.5 Å². The molecule has 0 aliphatic heterocycles. The van der Waals surface area contributed by atoms with E-state index in [1.807, 2.05) is 0 Å². The zero-order valence-corrected chi connectivity index (χ0v) is 10.1. The summed E-state index contributed by atoms with van der Waals surface area (Å²) in [5.74, 6) is 0. The standard InChI is InChI=1S/C12H25NO2/c1-3-4-8-15-9-7-12(2,10-14)13-11-5-6-11/h11,13-14H,3-10H2,1-2H3. The van der Waals surface area contributed by atoms with E-state index in [4.69, 9.17) is 4.74 Å². The minimum atomic E-state index is -0.145. The highest BCUT2D eigenvalue weighted by Gasteiger charge is 2.31. The minimum Gasteiger partial charge on any atom is -0.394 e. The summed E-state index contributed by atoms with van der Waals surface area (Å²) in [5.41, 5.74) is -0.145. The van der Waals surface area contributed by atoms with Crippen LogP contribution < -0.4 is 5.32 Å². The molecule has 0 heterocycles. The molecule has 0 aromatic rings. The van der Waals surface area contributed by atoms with Crippen molar-refractivity contribution in [3.8, 4) is 0 Å². The maximum absolute atomic E-state index is 9.35. The molecule has 1 aliphatic carbocycles. The summed E-state index contributed by atoms with van der Waals surface area (Å²) >= 11 is 0. The second-order valence-corrected chi connectivity index (χ2v) is 4.85. The number of hydrogen-bond acceptors (Lipinski definition) is 3. The molecule has 0 aromatic heterocycles. The Morgan fingerprint density at radius 2 is 2.13 bits per heavy atom. The van der Waals surface area contributed by atoms with Gasteiger partial charge in [-0.25, -0.2) is 0 Å². The molecule has 3 heteroatoms. The van der Waals surface area contributed by atoms with Gasteiger partial charge in [0.2, 0.25) is 0 Å². The summed E-state index contributed by atoms with van der Waals surface area (Å²) in [6, 6.07) is 0.637. The molecular weight excluding hydrogens is 190 g/mol. The maximum Gasteiger partial charge on any atom is 0.0611 e. The van der Waals surface area contributed by atoms with E-state index in [0.717, 1.165) is 26.1 Å². The highest BCUT2D eigenvalue weighted by atomic mass is 16.5. The first-order valence-electron chi connectivity index (χ1n) is 6.16. The quantitative estimate of drug-likeness (QED) is 0.575. The zero-order valence-electron chi connectivity index (χ0n) is 10.1. The van der Waals surface area contributed by atoms with Crippen molar-refractivity contribution in [3.63, 3.8) is 0 Å². The highest BCUT2D eigenvalue weighted by Crippen LogP contribution is 2.23. The molecule has 0 aromatic carbocycles. The van der Waals surface area contributed by atoms with Gasteiger partial charge in [-0.2, -0.15) is 0 Å². The number of nitrogens with one attached hydrogen (secondary N) is 1. The summed E-state index contributed by atoms with van der Waals surface area (Å²) in [6.45, 7) is 6.03. The fourth-order valence-corrected chi connectivity index (χ4v) is 1.56. The molecule has 1 aliphatic rings. The molecule has 1 saturated carbocycles. The van der Waals surface area contributed by atoms with Crippen LogP contribution in [0.25, 0.3) is 0 Å². The van der Waals surface area contributed by atoms with E-state index in [1.54, 1.807) is 0 Å². The molecule has 90 valence electrons. The maximum atomic E-state index is 9.35. The van der Waals surface area contributed by atoms with E-state index in [0.29, 0.717) is 6.04 Å². The number of unbranched alkanes of at least 4 members (excludes halogenated alkanes) is 1. The van der Waals surface area contributed by atoms with Crippen LogP contribution in [0.3, 0.4) is 0 Å². The average molecular weight is 215 g/mol. The Bertz CT molecular complexity index is 171. The molecular formula is C12H25NO2. The molecule has 1 unspecified atom stereocenters. The van der Waals surface area contributed by atoms with Crippen LogP contribution in [0.15, 0.2) is 0 Å². The van der Waals surface area contributed by atoms with Crippen molar-refractivity contribution in [3.05, 3.63) is 0 Å². The summed E-state index contributed by atoms with van der Waals surface area (Å²) < 4.78 is 5.52. The number of aliphatic hydroxyl groups excluding tert-OH is 1. The van der Waals surface area contributed by atoms with Crippen molar-refractivity contribution in [2.24, 2.45) is 0 Å². The van der Waals surface area contributed by atoms with Crippen LogP contribution in [0, 0.1) is 0 Å². The molecule has 0 amide bonds. The lowest BCUT2D eigenvalue weighted by molar-refractivity contribution is 0.0846. The molecule has 1 rings (SSSR count). The normalized spacial score (nSPS) is 20.2. The van der Waals surface area contributed by atoms with Gasteiger partial charge in [0.05, 0.1) is 6.61 Å². The first-order valence-corrected chi connectivity index (χ1v) is 6.16.